The van der Waals surface area contributed by atoms with Crippen LogP contribution in [0.1, 0.15) is 24.9 Å². The van der Waals surface area contributed by atoms with E-state index in [2.05, 4.69) is 15.0 Å². The van der Waals surface area contributed by atoms with Gasteiger partial charge in [0, 0.05) is 13.1 Å². The molecule has 130 valence electrons. The van der Waals surface area contributed by atoms with Crippen LogP contribution in [0.3, 0.4) is 0 Å². The molecule has 4 rings (SSSR count). The Kier molecular flexibility index (Phi) is 3.84. The molecule has 8 heteroatoms. The Morgan fingerprint density at radius 1 is 1.20 bits per heavy atom. The number of aryl methyl sites for hydroxylation is 1. The van der Waals surface area contributed by atoms with Crippen molar-refractivity contribution in [3.63, 3.8) is 0 Å². The highest BCUT2D eigenvalue weighted by molar-refractivity contribution is 5.83. The van der Waals surface area contributed by atoms with Gasteiger partial charge in [0.2, 0.25) is 0 Å². The van der Waals surface area contributed by atoms with Crippen LogP contribution in [-0.4, -0.2) is 37.3 Å². The molecule has 1 aromatic carbocycles. The van der Waals surface area contributed by atoms with Gasteiger partial charge in [-0.15, -0.1) is 0 Å². The van der Waals surface area contributed by atoms with Crippen molar-refractivity contribution in [2.45, 2.75) is 32.0 Å². The van der Waals surface area contributed by atoms with E-state index in [1.54, 1.807) is 6.33 Å². The molecule has 1 saturated heterocycles. The lowest BCUT2D eigenvalue weighted by molar-refractivity contribution is 0.194. The largest absolute Gasteiger partial charge is 0.391 e. The van der Waals surface area contributed by atoms with Crippen LogP contribution in [0.15, 0.2) is 30.9 Å². The lowest BCUT2D eigenvalue weighted by atomic mass is 10.0. The SMILES string of the molecule is CCn1cnc2c(N3C[C@@H](O)C[C@@H]3c3ccc(F)c(F)c3)ncnc21. The van der Waals surface area contributed by atoms with Gasteiger partial charge < -0.3 is 14.6 Å². The molecule has 0 saturated carbocycles. The molecule has 0 spiro atoms. The van der Waals surface area contributed by atoms with Gasteiger partial charge in [0.05, 0.1) is 18.5 Å². The first-order chi connectivity index (χ1) is 12.1. The fraction of sp³-hybridized carbons (Fsp3) is 0.353. The summed E-state index contributed by atoms with van der Waals surface area (Å²) < 4.78 is 28.8. The van der Waals surface area contributed by atoms with Crippen molar-refractivity contribution in [1.82, 2.24) is 19.5 Å². The molecule has 25 heavy (non-hydrogen) atoms. The van der Waals surface area contributed by atoms with E-state index >= 15 is 0 Å². The highest BCUT2D eigenvalue weighted by Crippen LogP contribution is 2.37. The molecule has 0 amide bonds. The summed E-state index contributed by atoms with van der Waals surface area (Å²) in [5.41, 5.74) is 1.93. The summed E-state index contributed by atoms with van der Waals surface area (Å²) in [7, 11) is 0. The van der Waals surface area contributed by atoms with Crippen LogP contribution in [0.4, 0.5) is 14.6 Å². The number of rotatable bonds is 3. The number of nitrogens with zero attached hydrogens (tertiary/aromatic N) is 5. The predicted octanol–water partition coefficient (Wildman–Crippen LogP) is 2.44. The smallest absolute Gasteiger partial charge is 0.165 e. The van der Waals surface area contributed by atoms with E-state index in [0.717, 1.165) is 12.6 Å². The van der Waals surface area contributed by atoms with Crippen molar-refractivity contribution in [1.29, 1.82) is 0 Å². The molecule has 2 aromatic heterocycles. The highest BCUT2D eigenvalue weighted by atomic mass is 19.2. The van der Waals surface area contributed by atoms with Crippen LogP contribution < -0.4 is 4.90 Å². The number of fused-ring (bicyclic) bond motifs is 1. The average Bonchev–Trinajstić information content (AvgIpc) is 3.20. The van der Waals surface area contributed by atoms with Crippen LogP contribution >= 0.6 is 0 Å². The van der Waals surface area contributed by atoms with Crippen molar-refractivity contribution in [3.8, 4) is 0 Å². The summed E-state index contributed by atoms with van der Waals surface area (Å²) in [6.45, 7) is 3.06. The normalized spacial score (nSPS) is 20.6. The van der Waals surface area contributed by atoms with Crippen LogP contribution in [0.25, 0.3) is 11.2 Å². The summed E-state index contributed by atoms with van der Waals surface area (Å²) in [6, 6.07) is 3.51. The topological polar surface area (TPSA) is 67.1 Å². The number of imidazole rings is 1. The van der Waals surface area contributed by atoms with E-state index in [1.165, 1.54) is 18.5 Å². The van der Waals surface area contributed by atoms with E-state index < -0.39 is 17.7 Å². The maximum Gasteiger partial charge on any atom is 0.165 e. The summed E-state index contributed by atoms with van der Waals surface area (Å²) in [5.74, 6) is -1.20. The minimum Gasteiger partial charge on any atom is -0.391 e. The zero-order valence-corrected chi connectivity index (χ0v) is 13.6. The molecular formula is C17H17F2N5O. The van der Waals surface area contributed by atoms with Crippen LogP contribution in [0.5, 0.6) is 0 Å². The molecule has 0 radical (unpaired) electrons. The van der Waals surface area contributed by atoms with Gasteiger partial charge in [0.25, 0.3) is 0 Å². The van der Waals surface area contributed by atoms with Gasteiger partial charge in [-0.25, -0.2) is 23.7 Å². The molecule has 2 atom stereocenters. The predicted molar refractivity (Wildman–Crippen MR) is 88.1 cm³/mol. The third-order valence-corrected chi connectivity index (χ3v) is 4.60. The molecule has 3 aromatic rings. The number of aliphatic hydroxyl groups is 1. The second kappa shape index (κ2) is 6.03. The summed E-state index contributed by atoms with van der Waals surface area (Å²) in [4.78, 5) is 14.9. The van der Waals surface area contributed by atoms with Crippen LogP contribution in [-0.2, 0) is 6.54 Å². The molecular weight excluding hydrogens is 328 g/mol. The third-order valence-electron chi connectivity index (χ3n) is 4.60. The summed E-state index contributed by atoms with van der Waals surface area (Å²) >= 11 is 0. The third kappa shape index (κ3) is 2.62. The fourth-order valence-electron chi connectivity index (χ4n) is 3.39. The number of hydrogen-bond donors (Lipinski definition) is 1. The van der Waals surface area contributed by atoms with E-state index in [9.17, 15) is 13.9 Å². The van der Waals surface area contributed by atoms with Gasteiger partial charge >= 0.3 is 0 Å². The molecule has 1 aliphatic rings. The molecule has 1 aliphatic heterocycles. The minimum atomic E-state index is -0.901. The number of aromatic nitrogens is 4. The zero-order chi connectivity index (χ0) is 17.6. The van der Waals surface area contributed by atoms with Gasteiger partial charge in [0.1, 0.15) is 6.33 Å². The number of benzene rings is 1. The fourth-order valence-corrected chi connectivity index (χ4v) is 3.39. The Morgan fingerprint density at radius 2 is 2.04 bits per heavy atom. The lowest BCUT2D eigenvalue weighted by Gasteiger charge is -2.25. The number of β-amino-alcohol motifs (C(OH)–C–C–N with tert-alkyl or cyclic N) is 1. The standard InChI is InChI=1S/C17H17F2N5O/c1-2-23-9-22-15-16(23)20-8-21-17(15)24-7-11(25)6-14(24)10-3-4-12(18)13(19)5-10/h3-5,8-9,11,14,25H,2,6-7H2,1H3/t11-,14+/m0/s1. The molecule has 1 N–H and O–H groups in total. The van der Waals surface area contributed by atoms with Gasteiger partial charge in [-0.1, -0.05) is 6.07 Å². The average molecular weight is 345 g/mol. The molecule has 1 fully saturated rings. The van der Waals surface area contributed by atoms with Gasteiger partial charge in [-0.3, -0.25) is 0 Å². The van der Waals surface area contributed by atoms with E-state index in [1.807, 2.05) is 16.4 Å². The van der Waals surface area contributed by atoms with E-state index in [-0.39, 0.29) is 6.04 Å². The molecule has 6 nitrogen and oxygen atoms in total. The van der Waals surface area contributed by atoms with E-state index in [4.69, 9.17) is 0 Å². The van der Waals surface area contributed by atoms with Crippen molar-refractivity contribution >= 4 is 17.0 Å². The highest BCUT2D eigenvalue weighted by Gasteiger charge is 2.35. The van der Waals surface area contributed by atoms with Gasteiger partial charge in [-0.2, -0.15) is 0 Å². The molecule has 0 unspecified atom stereocenters. The molecule has 0 aliphatic carbocycles. The van der Waals surface area contributed by atoms with Crippen LogP contribution in [0, 0.1) is 11.6 Å². The number of halogens is 2. The first-order valence-corrected chi connectivity index (χ1v) is 8.14. The van der Waals surface area contributed by atoms with Crippen molar-refractivity contribution in [2.75, 3.05) is 11.4 Å². The lowest BCUT2D eigenvalue weighted by Crippen LogP contribution is -2.25. The summed E-state index contributed by atoms with van der Waals surface area (Å²) in [5, 5.41) is 10.2. The van der Waals surface area contributed by atoms with Gasteiger partial charge in [0.15, 0.2) is 28.6 Å². The Balaban J connectivity index is 1.80. The van der Waals surface area contributed by atoms with Gasteiger partial charge in [-0.05, 0) is 31.0 Å². The van der Waals surface area contributed by atoms with E-state index in [0.29, 0.717) is 35.5 Å². The van der Waals surface area contributed by atoms with Crippen molar-refractivity contribution < 1.29 is 13.9 Å². The zero-order valence-electron chi connectivity index (χ0n) is 13.6. The molecule has 0 bridgehead atoms. The van der Waals surface area contributed by atoms with Crippen LogP contribution in [0.2, 0.25) is 0 Å². The number of anilines is 1. The monoisotopic (exact) mass is 345 g/mol. The Morgan fingerprint density at radius 3 is 2.80 bits per heavy atom. The Labute approximate surface area is 142 Å². The minimum absolute atomic E-state index is 0.310. The first kappa shape index (κ1) is 15.9. The van der Waals surface area contributed by atoms with Crippen molar-refractivity contribution in [3.05, 3.63) is 48.1 Å². The first-order valence-electron chi connectivity index (χ1n) is 8.14. The maximum atomic E-state index is 13.7. The molecule has 3 heterocycles. The quantitative estimate of drug-likeness (QED) is 0.790. The second-order valence-electron chi connectivity index (χ2n) is 6.13. The summed E-state index contributed by atoms with van der Waals surface area (Å²) in [6.07, 6.45) is 2.97. The number of aliphatic hydroxyl groups excluding tert-OH is 1. The second-order valence-corrected chi connectivity index (χ2v) is 6.13. The van der Waals surface area contributed by atoms with Crippen molar-refractivity contribution in [2.24, 2.45) is 0 Å². The Hall–Kier alpha value is -2.61. The Bertz CT molecular complexity index is 929. The maximum absolute atomic E-state index is 13.7. The number of hydrogen-bond acceptors (Lipinski definition) is 5.